The summed E-state index contributed by atoms with van der Waals surface area (Å²) >= 11 is 4.73. The number of nitrogens with zero attached hydrogens (tertiary/aromatic N) is 1. The second kappa shape index (κ2) is 5.94. The maximum Gasteiger partial charge on any atom is 0.269 e. The Morgan fingerprint density at radius 3 is 2.58 bits per heavy atom. The molecular weight excluding hydrogens is 332 g/mol. The fraction of sp³-hybridized carbons (Fsp3) is 0.0833. The lowest BCUT2D eigenvalue weighted by Gasteiger charge is -2.03. The number of rotatable bonds is 4. The van der Waals surface area contributed by atoms with Gasteiger partial charge in [0, 0.05) is 24.1 Å². The van der Waals surface area contributed by atoms with Crippen LogP contribution < -0.4 is 5.32 Å². The maximum absolute atomic E-state index is 11.8. The average Bonchev–Trinajstić information content (AvgIpc) is 2.83. The van der Waals surface area contributed by atoms with Gasteiger partial charge in [0.1, 0.15) is 0 Å². The summed E-state index contributed by atoms with van der Waals surface area (Å²) in [6, 6.07) is 7.84. The Morgan fingerprint density at radius 2 is 2.05 bits per heavy atom. The third kappa shape index (κ3) is 3.62. The van der Waals surface area contributed by atoms with Crippen molar-refractivity contribution in [1.29, 1.82) is 0 Å². The zero-order valence-corrected chi connectivity index (χ0v) is 12.0. The van der Waals surface area contributed by atoms with Crippen LogP contribution in [0.4, 0.5) is 5.69 Å². The Labute approximate surface area is 121 Å². The van der Waals surface area contributed by atoms with Crippen LogP contribution in [0.1, 0.15) is 15.9 Å². The fourth-order valence-electron chi connectivity index (χ4n) is 1.45. The van der Waals surface area contributed by atoms with E-state index >= 15 is 0 Å². The molecule has 5 nitrogen and oxygen atoms in total. The minimum atomic E-state index is -0.453. The van der Waals surface area contributed by atoms with Gasteiger partial charge >= 0.3 is 0 Å². The standard InChI is InChI=1S/C12H9BrN2O3S/c13-11-5-9(7-19-11)12(16)14-6-8-1-3-10(4-2-8)15(17)18/h1-5,7H,6H2,(H,14,16). The number of benzene rings is 1. The largest absolute Gasteiger partial charge is 0.348 e. The minimum Gasteiger partial charge on any atom is -0.348 e. The summed E-state index contributed by atoms with van der Waals surface area (Å²) in [7, 11) is 0. The summed E-state index contributed by atoms with van der Waals surface area (Å²) in [6.07, 6.45) is 0. The highest BCUT2D eigenvalue weighted by Crippen LogP contribution is 2.20. The van der Waals surface area contributed by atoms with Gasteiger partial charge in [-0.25, -0.2) is 0 Å². The molecule has 0 atom stereocenters. The number of nitro groups is 1. The number of nitrogens with one attached hydrogen (secondary N) is 1. The Balaban J connectivity index is 1.95. The second-order valence-corrected chi connectivity index (χ2v) is 6.04. The van der Waals surface area contributed by atoms with Crippen LogP contribution in [0.5, 0.6) is 0 Å². The quantitative estimate of drug-likeness (QED) is 0.685. The third-order valence-corrected chi connectivity index (χ3v) is 3.93. The molecule has 1 N–H and O–H groups in total. The molecule has 0 aliphatic rings. The highest BCUT2D eigenvalue weighted by molar-refractivity contribution is 9.11. The molecule has 0 bridgehead atoms. The maximum atomic E-state index is 11.8. The molecule has 1 heterocycles. The molecular formula is C12H9BrN2O3S. The zero-order chi connectivity index (χ0) is 13.8. The van der Waals surface area contributed by atoms with E-state index in [-0.39, 0.29) is 11.6 Å². The SMILES string of the molecule is O=C(NCc1ccc([N+](=O)[O-])cc1)c1csc(Br)c1. The first kappa shape index (κ1) is 13.7. The Morgan fingerprint density at radius 1 is 1.37 bits per heavy atom. The van der Waals surface area contributed by atoms with Gasteiger partial charge in [0.15, 0.2) is 0 Å². The van der Waals surface area contributed by atoms with Gasteiger partial charge in [-0.1, -0.05) is 12.1 Å². The molecule has 19 heavy (non-hydrogen) atoms. The number of nitro benzene ring substituents is 1. The normalized spacial score (nSPS) is 10.2. The van der Waals surface area contributed by atoms with E-state index in [0.29, 0.717) is 12.1 Å². The van der Waals surface area contributed by atoms with E-state index in [9.17, 15) is 14.9 Å². The van der Waals surface area contributed by atoms with E-state index in [0.717, 1.165) is 9.35 Å². The van der Waals surface area contributed by atoms with Gasteiger partial charge in [0.05, 0.1) is 14.3 Å². The molecule has 1 aromatic carbocycles. The lowest BCUT2D eigenvalue weighted by molar-refractivity contribution is -0.384. The molecule has 7 heteroatoms. The average molecular weight is 341 g/mol. The fourth-order valence-corrected chi connectivity index (χ4v) is 2.59. The topological polar surface area (TPSA) is 72.2 Å². The van der Waals surface area contributed by atoms with Crippen molar-refractivity contribution < 1.29 is 9.72 Å². The third-order valence-electron chi connectivity index (χ3n) is 2.43. The van der Waals surface area contributed by atoms with Crippen molar-refractivity contribution in [3.63, 3.8) is 0 Å². The summed E-state index contributed by atoms with van der Waals surface area (Å²) in [5.74, 6) is -0.166. The van der Waals surface area contributed by atoms with Crippen LogP contribution in [0.15, 0.2) is 39.5 Å². The van der Waals surface area contributed by atoms with Crippen molar-refractivity contribution in [1.82, 2.24) is 5.32 Å². The van der Waals surface area contributed by atoms with Gasteiger partial charge in [-0.05, 0) is 27.6 Å². The van der Waals surface area contributed by atoms with Gasteiger partial charge < -0.3 is 5.32 Å². The molecule has 1 amide bonds. The van der Waals surface area contributed by atoms with Crippen LogP contribution in [0, 0.1) is 10.1 Å². The monoisotopic (exact) mass is 340 g/mol. The molecule has 0 aliphatic carbocycles. The summed E-state index contributed by atoms with van der Waals surface area (Å²) < 4.78 is 0.896. The first-order valence-electron chi connectivity index (χ1n) is 5.32. The molecule has 1 aromatic heterocycles. The summed E-state index contributed by atoms with van der Waals surface area (Å²) in [5.41, 5.74) is 1.45. The number of carbonyl (C=O) groups is 1. The van der Waals surface area contributed by atoms with Gasteiger partial charge in [-0.3, -0.25) is 14.9 Å². The van der Waals surface area contributed by atoms with Gasteiger partial charge in [-0.15, -0.1) is 11.3 Å². The predicted octanol–water partition coefficient (Wildman–Crippen LogP) is 3.35. The predicted molar refractivity (Wildman–Crippen MR) is 76.3 cm³/mol. The van der Waals surface area contributed by atoms with Crippen LogP contribution in [0.25, 0.3) is 0 Å². The van der Waals surface area contributed by atoms with Crippen molar-refractivity contribution in [2.24, 2.45) is 0 Å². The lowest BCUT2D eigenvalue weighted by Crippen LogP contribution is -2.22. The Kier molecular flexibility index (Phi) is 4.28. The minimum absolute atomic E-state index is 0.0387. The Bertz CT molecular complexity index is 610. The summed E-state index contributed by atoms with van der Waals surface area (Å²) in [4.78, 5) is 21.8. The number of amides is 1. The molecule has 0 spiro atoms. The van der Waals surface area contributed by atoms with Crippen LogP contribution in [0.2, 0.25) is 0 Å². The molecule has 0 unspecified atom stereocenters. The molecule has 0 saturated heterocycles. The Hall–Kier alpha value is -1.73. The number of thiophene rings is 1. The molecule has 98 valence electrons. The molecule has 0 fully saturated rings. The van der Waals surface area contributed by atoms with Crippen molar-refractivity contribution in [2.75, 3.05) is 0 Å². The molecule has 2 aromatic rings. The van der Waals surface area contributed by atoms with Gasteiger partial charge in [0.2, 0.25) is 0 Å². The van der Waals surface area contributed by atoms with Crippen molar-refractivity contribution in [3.05, 3.63) is 60.7 Å². The van der Waals surface area contributed by atoms with E-state index in [1.165, 1.54) is 23.5 Å². The highest BCUT2D eigenvalue weighted by Gasteiger charge is 2.08. The van der Waals surface area contributed by atoms with E-state index in [2.05, 4.69) is 21.2 Å². The number of hydrogen-bond donors (Lipinski definition) is 1. The van der Waals surface area contributed by atoms with Crippen molar-refractivity contribution >= 4 is 38.9 Å². The molecule has 2 rings (SSSR count). The number of non-ortho nitro benzene ring substituents is 1. The summed E-state index contributed by atoms with van der Waals surface area (Å²) in [6.45, 7) is 0.338. The van der Waals surface area contributed by atoms with Gasteiger partial charge in [0.25, 0.3) is 11.6 Å². The van der Waals surface area contributed by atoms with E-state index in [1.807, 2.05) is 0 Å². The smallest absolute Gasteiger partial charge is 0.269 e. The number of hydrogen-bond acceptors (Lipinski definition) is 4. The van der Waals surface area contributed by atoms with Crippen LogP contribution in [-0.2, 0) is 6.54 Å². The number of halogens is 1. The second-order valence-electron chi connectivity index (χ2n) is 3.75. The van der Waals surface area contributed by atoms with Crippen LogP contribution >= 0.6 is 27.3 Å². The first-order valence-corrected chi connectivity index (χ1v) is 6.99. The summed E-state index contributed by atoms with van der Waals surface area (Å²) in [5, 5.41) is 15.0. The lowest BCUT2D eigenvalue weighted by atomic mass is 10.2. The highest BCUT2D eigenvalue weighted by atomic mass is 79.9. The van der Waals surface area contributed by atoms with E-state index in [4.69, 9.17) is 0 Å². The van der Waals surface area contributed by atoms with Crippen molar-refractivity contribution in [3.8, 4) is 0 Å². The van der Waals surface area contributed by atoms with Crippen molar-refractivity contribution in [2.45, 2.75) is 6.54 Å². The first-order chi connectivity index (χ1) is 9.06. The van der Waals surface area contributed by atoms with Crippen LogP contribution in [0.3, 0.4) is 0 Å². The van der Waals surface area contributed by atoms with E-state index in [1.54, 1.807) is 23.6 Å². The molecule has 0 radical (unpaired) electrons. The number of carbonyl (C=O) groups excluding carboxylic acids is 1. The molecule has 0 aliphatic heterocycles. The van der Waals surface area contributed by atoms with Crippen LogP contribution in [-0.4, -0.2) is 10.8 Å². The van der Waals surface area contributed by atoms with E-state index < -0.39 is 4.92 Å². The van der Waals surface area contributed by atoms with Gasteiger partial charge in [-0.2, -0.15) is 0 Å². The molecule has 0 saturated carbocycles. The zero-order valence-electron chi connectivity index (χ0n) is 9.63.